The van der Waals surface area contributed by atoms with Crippen LogP contribution in [-0.4, -0.2) is 46.9 Å². The number of thiophene rings is 1. The second kappa shape index (κ2) is 6.01. The molecule has 1 fully saturated rings. The third kappa shape index (κ3) is 3.06. The van der Waals surface area contributed by atoms with E-state index in [0.717, 1.165) is 18.7 Å². The van der Waals surface area contributed by atoms with Crippen LogP contribution in [0.2, 0.25) is 0 Å². The summed E-state index contributed by atoms with van der Waals surface area (Å²) in [5, 5.41) is 8.03. The summed E-state index contributed by atoms with van der Waals surface area (Å²) in [6, 6.07) is 2.01. The molecule has 3 rings (SSSR count). The number of rotatable bonds is 4. The molecule has 0 aromatic carbocycles. The molecule has 2 N–H and O–H groups in total. The van der Waals surface area contributed by atoms with Gasteiger partial charge in [0.15, 0.2) is 5.82 Å². The number of ether oxygens (including phenoxy) is 1. The largest absolute Gasteiger partial charge is 0.374 e. The van der Waals surface area contributed by atoms with Gasteiger partial charge in [0.2, 0.25) is 0 Å². The highest BCUT2D eigenvalue weighted by Gasteiger charge is 2.24. The second-order valence-electron chi connectivity index (χ2n) is 5.03. The van der Waals surface area contributed by atoms with Gasteiger partial charge < -0.3 is 15.0 Å². The SMILES string of the molecule is CC(N)C1CN(Cc2noc(-c3ccsc3)n2)CCO1. The standard InChI is InChI=1S/C13H18N4O2S/c1-9(14)11-6-17(3-4-18-11)7-12-15-13(19-16-12)10-2-5-20-8-10/h2,5,8-9,11H,3-4,6-7,14H2,1H3. The highest BCUT2D eigenvalue weighted by Crippen LogP contribution is 2.20. The van der Waals surface area contributed by atoms with E-state index >= 15 is 0 Å². The van der Waals surface area contributed by atoms with Crippen LogP contribution in [0.25, 0.3) is 11.5 Å². The molecule has 7 heteroatoms. The van der Waals surface area contributed by atoms with Crippen LogP contribution in [0, 0.1) is 0 Å². The summed E-state index contributed by atoms with van der Waals surface area (Å²) in [7, 11) is 0. The Hall–Kier alpha value is -1.28. The van der Waals surface area contributed by atoms with Crippen LogP contribution in [0.1, 0.15) is 12.7 Å². The molecule has 2 unspecified atom stereocenters. The Morgan fingerprint density at radius 1 is 1.60 bits per heavy atom. The van der Waals surface area contributed by atoms with Crippen molar-refractivity contribution in [3.8, 4) is 11.5 Å². The minimum Gasteiger partial charge on any atom is -0.374 e. The van der Waals surface area contributed by atoms with Gasteiger partial charge in [0.1, 0.15) is 0 Å². The molecule has 0 bridgehead atoms. The fraction of sp³-hybridized carbons (Fsp3) is 0.538. The predicted molar refractivity (Wildman–Crippen MR) is 76.3 cm³/mol. The Kier molecular flexibility index (Phi) is 4.11. The van der Waals surface area contributed by atoms with E-state index in [9.17, 15) is 0 Å². The summed E-state index contributed by atoms with van der Waals surface area (Å²) in [4.78, 5) is 6.68. The van der Waals surface area contributed by atoms with Gasteiger partial charge in [0.25, 0.3) is 5.89 Å². The van der Waals surface area contributed by atoms with Gasteiger partial charge in [-0.1, -0.05) is 5.16 Å². The highest BCUT2D eigenvalue weighted by atomic mass is 32.1. The molecule has 108 valence electrons. The summed E-state index contributed by atoms with van der Waals surface area (Å²) < 4.78 is 10.9. The van der Waals surface area contributed by atoms with Gasteiger partial charge in [-0.3, -0.25) is 4.90 Å². The third-order valence-corrected chi connectivity index (χ3v) is 4.05. The van der Waals surface area contributed by atoms with Crippen LogP contribution in [0.15, 0.2) is 21.3 Å². The lowest BCUT2D eigenvalue weighted by atomic mass is 10.1. The first kappa shape index (κ1) is 13.7. The quantitative estimate of drug-likeness (QED) is 0.917. The second-order valence-corrected chi connectivity index (χ2v) is 5.81. The monoisotopic (exact) mass is 294 g/mol. The minimum absolute atomic E-state index is 0.0319. The Morgan fingerprint density at radius 3 is 3.25 bits per heavy atom. The lowest BCUT2D eigenvalue weighted by Crippen LogP contribution is -2.49. The maximum atomic E-state index is 5.89. The first-order chi connectivity index (χ1) is 9.72. The van der Waals surface area contributed by atoms with Crippen molar-refractivity contribution >= 4 is 11.3 Å². The lowest BCUT2D eigenvalue weighted by molar-refractivity contribution is -0.0411. The molecule has 0 amide bonds. The van der Waals surface area contributed by atoms with E-state index in [1.165, 1.54) is 0 Å². The van der Waals surface area contributed by atoms with E-state index < -0.39 is 0 Å². The fourth-order valence-corrected chi connectivity index (χ4v) is 2.84. The van der Waals surface area contributed by atoms with E-state index in [0.29, 0.717) is 24.9 Å². The smallest absolute Gasteiger partial charge is 0.258 e. The first-order valence-electron chi connectivity index (χ1n) is 6.67. The number of nitrogens with zero attached hydrogens (tertiary/aromatic N) is 3. The fourth-order valence-electron chi connectivity index (χ4n) is 2.21. The van der Waals surface area contributed by atoms with Crippen molar-refractivity contribution in [3.05, 3.63) is 22.7 Å². The molecular weight excluding hydrogens is 276 g/mol. The Bertz CT molecular complexity index is 540. The highest BCUT2D eigenvalue weighted by molar-refractivity contribution is 7.08. The summed E-state index contributed by atoms with van der Waals surface area (Å²) in [6.07, 6.45) is 0.0759. The molecule has 1 aliphatic heterocycles. The van der Waals surface area contributed by atoms with Crippen LogP contribution < -0.4 is 5.73 Å². The number of hydrogen-bond donors (Lipinski definition) is 1. The maximum absolute atomic E-state index is 5.89. The maximum Gasteiger partial charge on any atom is 0.258 e. The van der Waals surface area contributed by atoms with Crippen LogP contribution in [0.3, 0.4) is 0 Å². The van der Waals surface area contributed by atoms with Gasteiger partial charge in [0.05, 0.1) is 24.8 Å². The molecule has 0 aliphatic carbocycles. The van der Waals surface area contributed by atoms with Crippen LogP contribution >= 0.6 is 11.3 Å². The van der Waals surface area contributed by atoms with E-state index in [1.54, 1.807) is 11.3 Å². The molecule has 1 aliphatic rings. The van der Waals surface area contributed by atoms with Crippen LogP contribution in [-0.2, 0) is 11.3 Å². The van der Waals surface area contributed by atoms with Gasteiger partial charge >= 0.3 is 0 Å². The average molecular weight is 294 g/mol. The Balaban J connectivity index is 1.63. The summed E-state index contributed by atoms with van der Waals surface area (Å²) >= 11 is 1.61. The molecule has 6 nitrogen and oxygen atoms in total. The Morgan fingerprint density at radius 2 is 2.50 bits per heavy atom. The van der Waals surface area contributed by atoms with Gasteiger partial charge in [-0.25, -0.2) is 0 Å². The molecule has 0 saturated carbocycles. The van der Waals surface area contributed by atoms with Gasteiger partial charge in [0, 0.05) is 24.5 Å². The van der Waals surface area contributed by atoms with E-state index in [2.05, 4.69) is 15.0 Å². The average Bonchev–Trinajstić information content (AvgIpc) is 3.09. The van der Waals surface area contributed by atoms with Crippen molar-refractivity contribution in [3.63, 3.8) is 0 Å². The van der Waals surface area contributed by atoms with E-state index in [1.807, 2.05) is 23.8 Å². The van der Waals surface area contributed by atoms with E-state index in [-0.39, 0.29) is 12.1 Å². The lowest BCUT2D eigenvalue weighted by Gasteiger charge is -2.33. The van der Waals surface area contributed by atoms with Gasteiger partial charge in [-0.05, 0) is 18.4 Å². The third-order valence-electron chi connectivity index (χ3n) is 3.37. The first-order valence-corrected chi connectivity index (χ1v) is 7.61. The molecule has 0 spiro atoms. The molecule has 2 atom stereocenters. The molecule has 20 heavy (non-hydrogen) atoms. The zero-order valence-corrected chi connectivity index (χ0v) is 12.2. The van der Waals surface area contributed by atoms with Crippen LogP contribution in [0.5, 0.6) is 0 Å². The number of nitrogens with two attached hydrogens (primary N) is 1. The minimum atomic E-state index is 0.0319. The predicted octanol–water partition coefficient (Wildman–Crippen LogP) is 1.35. The molecule has 0 radical (unpaired) electrons. The topological polar surface area (TPSA) is 77.4 Å². The van der Waals surface area contributed by atoms with Crippen molar-refractivity contribution in [1.82, 2.24) is 15.0 Å². The summed E-state index contributed by atoms with van der Waals surface area (Å²) in [6.45, 7) is 5.00. The molecule has 1 saturated heterocycles. The van der Waals surface area contributed by atoms with Gasteiger partial charge in [-0.2, -0.15) is 16.3 Å². The summed E-state index contributed by atoms with van der Waals surface area (Å²) in [5.41, 5.74) is 6.87. The Labute approximate surface area is 121 Å². The van der Waals surface area contributed by atoms with Crippen molar-refractivity contribution in [1.29, 1.82) is 0 Å². The number of morpholine rings is 1. The molecule has 3 heterocycles. The van der Waals surface area contributed by atoms with Crippen molar-refractivity contribution < 1.29 is 9.26 Å². The zero-order chi connectivity index (χ0) is 13.9. The normalized spacial score (nSPS) is 22.0. The van der Waals surface area contributed by atoms with Crippen molar-refractivity contribution in [2.24, 2.45) is 5.73 Å². The van der Waals surface area contributed by atoms with Crippen molar-refractivity contribution in [2.75, 3.05) is 19.7 Å². The molecule has 2 aromatic heterocycles. The number of hydrogen-bond acceptors (Lipinski definition) is 7. The molecular formula is C13H18N4O2S. The van der Waals surface area contributed by atoms with Crippen LogP contribution in [0.4, 0.5) is 0 Å². The number of aromatic nitrogens is 2. The van der Waals surface area contributed by atoms with E-state index in [4.69, 9.17) is 15.0 Å². The summed E-state index contributed by atoms with van der Waals surface area (Å²) in [5.74, 6) is 1.29. The zero-order valence-electron chi connectivity index (χ0n) is 11.4. The van der Waals surface area contributed by atoms with Gasteiger partial charge in [-0.15, -0.1) is 0 Å². The van der Waals surface area contributed by atoms with Crippen molar-refractivity contribution in [2.45, 2.75) is 25.6 Å². The molecule has 2 aromatic rings.